The van der Waals surface area contributed by atoms with Gasteiger partial charge in [0.15, 0.2) is 11.5 Å². The summed E-state index contributed by atoms with van der Waals surface area (Å²) in [5.41, 5.74) is 2.72. The number of thioether (sulfide) groups is 1. The van der Waals surface area contributed by atoms with Crippen LogP contribution in [0.15, 0.2) is 60.0 Å². The Morgan fingerprint density at radius 2 is 1.91 bits per heavy atom. The van der Waals surface area contributed by atoms with Gasteiger partial charge in [-0.15, -0.1) is 6.58 Å². The van der Waals surface area contributed by atoms with Crippen molar-refractivity contribution in [3.63, 3.8) is 0 Å². The van der Waals surface area contributed by atoms with Crippen molar-refractivity contribution in [1.82, 2.24) is 4.90 Å². The Morgan fingerprint density at radius 3 is 2.61 bits per heavy atom. The van der Waals surface area contributed by atoms with Crippen LogP contribution in [0.5, 0.6) is 11.5 Å². The number of methoxy groups -OCH3 is 1. The molecule has 1 aliphatic heterocycles. The third-order valence-electron chi connectivity index (χ3n) is 4.95. The summed E-state index contributed by atoms with van der Waals surface area (Å²) < 4.78 is 17.1. The second-order valence-corrected chi connectivity index (χ2v) is 8.38. The van der Waals surface area contributed by atoms with Gasteiger partial charge in [-0.05, 0) is 60.9 Å². The molecule has 0 atom stereocenters. The summed E-state index contributed by atoms with van der Waals surface area (Å²) in [7, 11) is 1.59. The number of hydrogen-bond donors (Lipinski definition) is 0. The number of nitrogens with zero attached hydrogens (tertiary/aromatic N) is 1. The van der Waals surface area contributed by atoms with Crippen LogP contribution in [0.1, 0.15) is 30.0 Å². The second kappa shape index (κ2) is 12.3. The van der Waals surface area contributed by atoms with Crippen LogP contribution in [-0.4, -0.2) is 42.9 Å². The topological polar surface area (TPSA) is 65.1 Å². The van der Waals surface area contributed by atoms with E-state index in [4.69, 9.17) is 14.2 Å². The summed E-state index contributed by atoms with van der Waals surface area (Å²) in [4.78, 5) is 26.7. The van der Waals surface area contributed by atoms with Crippen LogP contribution in [0.2, 0.25) is 0 Å². The first-order valence-corrected chi connectivity index (χ1v) is 11.7. The van der Waals surface area contributed by atoms with Gasteiger partial charge in [0.05, 0.1) is 11.5 Å². The van der Waals surface area contributed by atoms with Gasteiger partial charge >= 0.3 is 0 Å². The molecule has 2 aromatic carbocycles. The molecule has 7 heteroatoms. The molecule has 2 aromatic rings. The van der Waals surface area contributed by atoms with E-state index in [0.29, 0.717) is 55.6 Å². The lowest BCUT2D eigenvalue weighted by Gasteiger charge is -2.17. The first kappa shape index (κ1) is 24.6. The van der Waals surface area contributed by atoms with Crippen molar-refractivity contribution in [3.05, 3.63) is 76.7 Å². The average molecular weight is 468 g/mol. The summed E-state index contributed by atoms with van der Waals surface area (Å²) in [6.07, 6.45) is 4.71. The Kier molecular flexibility index (Phi) is 9.15. The number of rotatable bonds is 12. The predicted molar refractivity (Wildman–Crippen MR) is 131 cm³/mol. The third kappa shape index (κ3) is 6.49. The molecule has 0 bridgehead atoms. The molecule has 1 heterocycles. The predicted octanol–water partition coefficient (Wildman–Crippen LogP) is 5.47. The van der Waals surface area contributed by atoms with E-state index in [9.17, 15) is 9.59 Å². The zero-order valence-corrected chi connectivity index (χ0v) is 19.9. The van der Waals surface area contributed by atoms with Crippen LogP contribution in [0.25, 0.3) is 6.08 Å². The maximum absolute atomic E-state index is 12.8. The van der Waals surface area contributed by atoms with Crippen LogP contribution in [-0.2, 0) is 22.6 Å². The van der Waals surface area contributed by atoms with E-state index >= 15 is 0 Å². The van der Waals surface area contributed by atoms with E-state index in [1.807, 2.05) is 49.4 Å². The Hall–Kier alpha value is -3.03. The highest BCUT2D eigenvalue weighted by molar-refractivity contribution is 8.18. The van der Waals surface area contributed by atoms with Gasteiger partial charge in [0.2, 0.25) is 0 Å². The first-order chi connectivity index (χ1) is 16.1. The van der Waals surface area contributed by atoms with Crippen molar-refractivity contribution in [1.29, 1.82) is 0 Å². The minimum absolute atomic E-state index is 0.262. The molecule has 0 unspecified atom stereocenters. The molecule has 0 radical (unpaired) electrons. The molecule has 174 valence electrons. The fraction of sp³-hybridized carbons (Fsp3) is 0.308. The van der Waals surface area contributed by atoms with Gasteiger partial charge in [-0.3, -0.25) is 14.5 Å². The fourth-order valence-corrected chi connectivity index (χ4v) is 4.31. The highest BCUT2D eigenvalue weighted by Crippen LogP contribution is 2.37. The van der Waals surface area contributed by atoms with Crippen molar-refractivity contribution >= 4 is 29.0 Å². The lowest BCUT2D eigenvalue weighted by Crippen LogP contribution is -2.29. The van der Waals surface area contributed by atoms with Gasteiger partial charge in [-0.25, -0.2) is 0 Å². The van der Waals surface area contributed by atoms with Crippen molar-refractivity contribution in [2.75, 3.05) is 26.9 Å². The Labute approximate surface area is 199 Å². The monoisotopic (exact) mass is 467 g/mol. The third-order valence-corrected chi connectivity index (χ3v) is 5.85. The summed E-state index contributed by atoms with van der Waals surface area (Å²) in [5.74, 6) is 0.970. The van der Waals surface area contributed by atoms with E-state index in [-0.39, 0.29) is 11.1 Å². The van der Waals surface area contributed by atoms with E-state index in [1.165, 1.54) is 4.90 Å². The van der Waals surface area contributed by atoms with Gasteiger partial charge in [0.1, 0.15) is 6.61 Å². The van der Waals surface area contributed by atoms with E-state index < -0.39 is 0 Å². The van der Waals surface area contributed by atoms with Gasteiger partial charge in [0.25, 0.3) is 11.1 Å². The molecule has 0 saturated carbocycles. The molecular formula is C26H29NO5S. The molecule has 6 nitrogen and oxygen atoms in total. The maximum atomic E-state index is 12.8. The quantitative estimate of drug-likeness (QED) is 0.234. The maximum Gasteiger partial charge on any atom is 0.293 e. The number of amides is 2. The summed E-state index contributed by atoms with van der Waals surface area (Å²) in [6.45, 7) is 7.48. The molecule has 1 fully saturated rings. The van der Waals surface area contributed by atoms with Crippen LogP contribution >= 0.6 is 11.8 Å². The van der Waals surface area contributed by atoms with E-state index in [0.717, 1.165) is 28.5 Å². The SMILES string of the molecule is C=CCc1cc(/C=C2/SC(=O)N(CCCOC)C2=O)cc(OCC)c1OCc1ccccc1. The molecule has 0 spiro atoms. The minimum Gasteiger partial charge on any atom is -0.490 e. The lowest BCUT2D eigenvalue weighted by molar-refractivity contribution is -0.122. The van der Waals surface area contributed by atoms with Crippen molar-refractivity contribution in [3.8, 4) is 11.5 Å². The molecule has 0 aliphatic carbocycles. The van der Waals surface area contributed by atoms with E-state index in [1.54, 1.807) is 19.3 Å². The Morgan fingerprint density at radius 1 is 1.12 bits per heavy atom. The van der Waals surface area contributed by atoms with Crippen LogP contribution in [0.4, 0.5) is 4.79 Å². The molecule has 0 N–H and O–H groups in total. The number of imide groups is 1. The largest absolute Gasteiger partial charge is 0.490 e. The highest BCUT2D eigenvalue weighted by atomic mass is 32.2. The summed E-state index contributed by atoms with van der Waals surface area (Å²) >= 11 is 0.950. The summed E-state index contributed by atoms with van der Waals surface area (Å²) in [5, 5.41) is -0.262. The van der Waals surface area contributed by atoms with Crippen LogP contribution < -0.4 is 9.47 Å². The molecule has 1 aliphatic rings. The molecule has 33 heavy (non-hydrogen) atoms. The number of carbonyl (C=O) groups is 2. The van der Waals surface area contributed by atoms with Crippen LogP contribution in [0.3, 0.4) is 0 Å². The van der Waals surface area contributed by atoms with E-state index in [2.05, 4.69) is 6.58 Å². The number of hydrogen-bond acceptors (Lipinski definition) is 6. The van der Waals surface area contributed by atoms with Gasteiger partial charge in [-0.1, -0.05) is 36.4 Å². The lowest BCUT2D eigenvalue weighted by atomic mass is 10.0. The Balaban J connectivity index is 1.88. The summed E-state index contributed by atoms with van der Waals surface area (Å²) in [6, 6.07) is 13.7. The number of ether oxygens (including phenoxy) is 3. The number of benzene rings is 2. The fourth-order valence-electron chi connectivity index (χ4n) is 3.44. The smallest absolute Gasteiger partial charge is 0.293 e. The van der Waals surface area contributed by atoms with Gasteiger partial charge in [-0.2, -0.15) is 0 Å². The van der Waals surface area contributed by atoms with Gasteiger partial charge in [0, 0.05) is 25.8 Å². The Bertz CT molecular complexity index is 1020. The van der Waals surface area contributed by atoms with Gasteiger partial charge < -0.3 is 14.2 Å². The average Bonchev–Trinajstić information content (AvgIpc) is 3.07. The van der Waals surface area contributed by atoms with Crippen molar-refractivity contribution in [2.45, 2.75) is 26.4 Å². The standard InChI is InChI=1S/C26H29NO5S/c1-4-10-21-15-20(17-23-25(28)27(26(29)33-23)13-9-14-30-3)16-22(31-5-2)24(21)32-18-19-11-7-6-8-12-19/h4,6-8,11-12,15-17H,1,5,9-10,13-14,18H2,2-3H3/b23-17+. The number of carbonyl (C=O) groups excluding carboxylic acids is 2. The normalized spacial score (nSPS) is 14.7. The highest BCUT2D eigenvalue weighted by Gasteiger charge is 2.34. The second-order valence-electron chi connectivity index (χ2n) is 7.39. The minimum atomic E-state index is -0.284. The molecule has 3 rings (SSSR count). The van der Waals surface area contributed by atoms with Crippen LogP contribution in [0, 0.1) is 0 Å². The molecular weight excluding hydrogens is 438 g/mol. The number of allylic oxidation sites excluding steroid dienone is 1. The zero-order chi connectivity index (χ0) is 23.6. The molecule has 1 saturated heterocycles. The molecule has 0 aromatic heterocycles. The molecule has 2 amide bonds. The van der Waals surface area contributed by atoms with Crippen molar-refractivity contribution < 1.29 is 23.8 Å². The first-order valence-electron chi connectivity index (χ1n) is 10.9. The van der Waals surface area contributed by atoms with Crippen molar-refractivity contribution in [2.24, 2.45) is 0 Å². The zero-order valence-electron chi connectivity index (χ0n) is 19.0.